The lowest BCUT2D eigenvalue weighted by molar-refractivity contribution is 0.713. The van der Waals surface area contributed by atoms with Crippen LogP contribution in [0.15, 0.2) is 41.3 Å². The van der Waals surface area contributed by atoms with Crippen LogP contribution in [0.2, 0.25) is 0 Å². The maximum absolute atomic E-state index is 6.10. The van der Waals surface area contributed by atoms with Crippen molar-refractivity contribution >= 4 is 15.9 Å². The first kappa shape index (κ1) is 10.1. The molecule has 0 unspecified atom stereocenters. The molecule has 0 amide bonds. The first-order chi connectivity index (χ1) is 7.67. The summed E-state index contributed by atoms with van der Waals surface area (Å²) in [4.78, 5) is 4.38. The maximum atomic E-state index is 6.10. The van der Waals surface area contributed by atoms with Crippen LogP contribution >= 0.6 is 15.9 Å². The lowest BCUT2D eigenvalue weighted by Crippen LogP contribution is -2.18. The molecule has 0 spiro atoms. The van der Waals surface area contributed by atoms with Gasteiger partial charge in [-0.3, -0.25) is 0 Å². The number of imidazole rings is 1. The maximum Gasteiger partial charge on any atom is 0.0996 e. The van der Waals surface area contributed by atoms with E-state index in [0.29, 0.717) is 0 Å². The number of halogens is 1. The minimum Gasteiger partial charge on any atom is -0.320 e. The van der Waals surface area contributed by atoms with Gasteiger partial charge in [0.2, 0.25) is 0 Å². The van der Waals surface area contributed by atoms with Gasteiger partial charge in [0.15, 0.2) is 0 Å². The van der Waals surface area contributed by atoms with E-state index in [4.69, 9.17) is 5.73 Å². The molecule has 1 saturated carbocycles. The van der Waals surface area contributed by atoms with Crippen molar-refractivity contribution in [2.75, 3.05) is 0 Å². The Kier molecular flexibility index (Phi) is 2.16. The monoisotopic (exact) mass is 277 g/mol. The van der Waals surface area contributed by atoms with Crippen molar-refractivity contribution < 1.29 is 0 Å². The number of aromatic nitrogens is 2. The summed E-state index contributed by atoms with van der Waals surface area (Å²) in [5.74, 6) is 0. The summed E-state index contributed by atoms with van der Waals surface area (Å²) in [6, 6.07) is 8.12. The van der Waals surface area contributed by atoms with Crippen molar-refractivity contribution in [3.8, 4) is 5.69 Å². The van der Waals surface area contributed by atoms with Crippen LogP contribution in [0.1, 0.15) is 18.5 Å². The smallest absolute Gasteiger partial charge is 0.0996 e. The summed E-state index contributed by atoms with van der Waals surface area (Å²) in [5, 5.41) is 0. The second-order valence-electron chi connectivity index (χ2n) is 4.30. The lowest BCUT2D eigenvalue weighted by atomic mass is 10.2. The van der Waals surface area contributed by atoms with Crippen LogP contribution in [0.25, 0.3) is 5.69 Å². The number of hydrogen-bond donors (Lipinski definition) is 1. The molecule has 1 fully saturated rings. The van der Waals surface area contributed by atoms with Crippen molar-refractivity contribution in [3.63, 3.8) is 0 Å². The molecule has 16 heavy (non-hydrogen) atoms. The molecule has 4 heteroatoms. The van der Waals surface area contributed by atoms with Crippen LogP contribution in [0.5, 0.6) is 0 Å². The summed E-state index contributed by atoms with van der Waals surface area (Å²) in [5.41, 5.74) is 8.04. The van der Waals surface area contributed by atoms with Gasteiger partial charge in [0.25, 0.3) is 0 Å². The van der Waals surface area contributed by atoms with Crippen molar-refractivity contribution in [1.82, 2.24) is 9.55 Å². The molecule has 2 N–H and O–H groups in total. The van der Waals surface area contributed by atoms with Gasteiger partial charge in [-0.1, -0.05) is 22.0 Å². The first-order valence-corrected chi connectivity index (χ1v) is 6.06. The van der Waals surface area contributed by atoms with Crippen LogP contribution in [-0.2, 0) is 5.54 Å². The third kappa shape index (κ3) is 1.68. The van der Waals surface area contributed by atoms with Gasteiger partial charge in [-0.05, 0) is 31.0 Å². The minimum absolute atomic E-state index is 0.155. The topological polar surface area (TPSA) is 43.8 Å². The van der Waals surface area contributed by atoms with Crippen molar-refractivity contribution in [1.29, 1.82) is 0 Å². The van der Waals surface area contributed by atoms with Gasteiger partial charge in [0.1, 0.15) is 0 Å². The van der Waals surface area contributed by atoms with Crippen LogP contribution in [-0.4, -0.2) is 9.55 Å². The molecule has 3 nitrogen and oxygen atoms in total. The number of rotatable bonds is 2. The number of hydrogen-bond acceptors (Lipinski definition) is 2. The molecule has 0 saturated heterocycles. The molecular weight excluding hydrogens is 266 g/mol. The molecule has 3 rings (SSSR count). The highest BCUT2D eigenvalue weighted by atomic mass is 79.9. The Hall–Kier alpha value is -1.13. The van der Waals surface area contributed by atoms with E-state index < -0.39 is 0 Å². The molecule has 82 valence electrons. The van der Waals surface area contributed by atoms with Crippen LogP contribution in [0.4, 0.5) is 0 Å². The zero-order valence-electron chi connectivity index (χ0n) is 8.73. The Bertz CT molecular complexity index is 529. The van der Waals surface area contributed by atoms with Crippen molar-refractivity contribution in [3.05, 3.63) is 47.0 Å². The largest absolute Gasteiger partial charge is 0.320 e. The van der Waals surface area contributed by atoms with Crippen LogP contribution in [0, 0.1) is 0 Å². The van der Waals surface area contributed by atoms with Gasteiger partial charge in [-0.2, -0.15) is 0 Å². The molecule has 0 atom stereocenters. The van der Waals surface area contributed by atoms with Gasteiger partial charge >= 0.3 is 0 Å². The second kappa shape index (κ2) is 3.43. The summed E-state index contributed by atoms with van der Waals surface area (Å²) in [7, 11) is 0. The summed E-state index contributed by atoms with van der Waals surface area (Å²) < 4.78 is 3.07. The molecule has 0 radical (unpaired) electrons. The zero-order valence-corrected chi connectivity index (χ0v) is 10.3. The Morgan fingerprint density at radius 3 is 2.88 bits per heavy atom. The predicted octanol–water partition coefficient (Wildman–Crippen LogP) is 2.58. The van der Waals surface area contributed by atoms with Gasteiger partial charge in [-0.15, -0.1) is 0 Å². The van der Waals surface area contributed by atoms with Gasteiger partial charge in [0, 0.05) is 16.4 Å². The third-order valence-electron chi connectivity index (χ3n) is 2.99. The van der Waals surface area contributed by atoms with Gasteiger partial charge < -0.3 is 10.3 Å². The standard InChI is InChI=1S/C12H12BrN3/c13-9-2-1-3-10(6-9)16-7-11(15-8-16)12(14)4-5-12/h1-3,6-8H,4-5,14H2. The van der Waals surface area contributed by atoms with Gasteiger partial charge in [-0.25, -0.2) is 4.98 Å². The molecule has 0 bridgehead atoms. The normalized spacial score (nSPS) is 17.4. The predicted molar refractivity (Wildman–Crippen MR) is 66.4 cm³/mol. The Balaban J connectivity index is 1.98. The molecule has 2 aromatic rings. The summed E-state index contributed by atoms with van der Waals surface area (Å²) in [6.45, 7) is 0. The fraction of sp³-hybridized carbons (Fsp3) is 0.250. The van der Waals surface area contributed by atoms with E-state index >= 15 is 0 Å². The quantitative estimate of drug-likeness (QED) is 0.917. The molecule has 1 aromatic heterocycles. The van der Waals surface area contributed by atoms with E-state index in [2.05, 4.69) is 27.0 Å². The molecule has 1 aliphatic rings. The van der Waals surface area contributed by atoms with E-state index in [1.54, 1.807) is 0 Å². The fourth-order valence-electron chi connectivity index (χ4n) is 1.75. The van der Waals surface area contributed by atoms with Crippen LogP contribution in [0.3, 0.4) is 0 Å². The highest BCUT2D eigenvalue weighted by Gasteiger charge is 2.42. The molecule has 1 aliphatic carbocycles. The van der Waals surface area contributed by atoms with Crippen molar-refractivity contribution in [2.24, 2.45) is 5.73 Å². The van der Waals surface area contributed by atoms with E-state index in [0.717, 1.165) is 28.7 Å². The zero-order chi connectivity index (χ0) is 11.2. The fourth-order valence-corrected chi connectivity index (χ4v) is 2.14. The highest BCUT2D eigenvalue weighted by Crippen LogP contribution is 2.41. The first-order valence-electron chi connectivity index (χ1n) is 5.27. The molecule has 1 aromatic carbocycles. The summed E-state index contributed by atoms with van der Waals surface area (Å²) >= 11 is 3.46. The minimum atomic E-state index is -0.155. The number of nitrogens with zero attached hydrogens (tertiary/aromatic N) is 2. The molecular formula is C12H12BrN3. The van der Waals surface area contributed by atoms with E-state index in [9.17, 15) is 0 Å². The van der Waals surface area contributed by atoms with E-state index in [1.165, 1.54) is 0 Å². The highest BCUT2D eigenvalue weighted by molar-refractivity contribution is 9.10. The lowest BCUT2D eigenvalue weighted by Gasteiger charge is -2.04. The SMILES string of the molecule is NC1(c2cn(-c3cccc(Br)c3)cn2)CC1. The average molecular weight is 278 g/mol. The van der Waals surface area contributed by atoms with E-state index in [1.807, 2.05) is 35.3 Å². The second-order valence-corrected chi connectivity index (χ2v) is 5.22. The van der Waals surface area contributed by atoms with E-state index in [-0.39, 0.29) is 5.54 Å². The van der Waals surface area contributed by atoms with Gasteiger partial charge in [0.05, 0.1) is 17.6 Å². The third-order valence-corrected chi connectivity index (χ3v) is 3.48. The Morgan fingerprint density at radius 1 is 1.38 bits per heavy atom. The Morgan fingerprint density at radius 2 is 2.19 bits per heavy atom. The van der Waals surface area contributed by atoms with Crippen molar-refractivity contribution in [2.45, 2.75) is 18.4 Å². The van der Waals surface area contributed by atoms with Crippen LogP contribution < -0.4 is 5.73 Å². The average Bonchev–Trinajstić information content (AvgIpc) is 2.83. The molecule has 1 heterocycles. The Labute approximate surface area is 102 Å². The molecule has 0 aliphatic heterocycles. The number of benzene rings is 1. The summed E-state index contributed by atoms with van der Waals surface area (Å²) in [6.07, 6.45) is 5.93. The number of nitrogens with two attached hydrogens (primary N) is 1.